The highest BCUT2D eigenvalue weighted by atomic mass is 16.1. The van der Waals surface area contributed by atoms with Gasteiger partial charge in [0, 0.05) is 6.54 Å². The van der Waals surface area contributed by atoms with E-state index < -0.39 is 5.92 Å². The second kappa shape index (κ2) is 6.44. The average Bonchev–Trinajstić information content (AvgIpc) is 2.29. The summed E-state index contributed by atoms with van der Waals surface area (Å²) in [4.78, 5) is 11.5. The first-order valence-corrected chi connectivity index (χ1v) is 5.95. The summed E-state index contributed by atoms with van der Waals surface area (Å²) in [7, 11) is 0. The smallest absolute Gasteiger partial charge is 0.237 e. The van der Waals surface area contributed by atoms with Crippen LogP contribution in [0.1, 0.15) is 45.4 Å². The number of carbonyl (C=O) groups is 1. The summed E-state index contributed by atoms with van der Waals surface area (Å²) >= 11 is 0. The second-order valence-electron chi connectivity index (χ2n) is 4.34. The van der Waals surface area contributed by atoms with Gasteiger partial charge in [0.2, 0.25) is 5.91 Å². The van der Waals surface area contributed by atoms with E-state index in [-0.39, 0.29) is 5.91 Å². The topological polar surface area (TPSA) is 52.9 Å². The molecule has 1 atom stereocenters. The maximum atomic E-state index is 11.5. The van der Waals surface area contributed by atoms with Crippen LogP contribution < -0.4 is 5.32 Å². The van der Waals surface area contributed by atoms with Crippen LogP contribution in [0.4, 0.5) is 0 Å². The summed E-state index contributed by atoms with van der Waals surface area (Å²) in [5.41, 5.74) is 0. The number of nitriles is 1. The molecule has 84 valence electrons. The van der Waals surface area contributed by atoms with E-state index in [1.807, 2.05) is 13.0 Å². The van der Waals surface area contributed by atoms with Gasteiger partial charge in [-0.3, -0.25) is 4.79 Å². The molecule has 1 amide bonds. The van der Waals surface area contributed by atoms with Crippen LogP contribution in [0.15, 0.2) is 0 Å². The second-order valence-corrected chi connectivity index (χ2v) is 4.34. The van der Waals surface area contributed by atoms with Crippen LogP contribution in [0.3, 0.4) is 0 Å². The lowest BCUT2D eigenvalue weighted by atomic mass is 9.89. The lowest BCUT2D eigenvalue weighted by molar-refractivity contribution is -0.123. The highest BCUT2D eigenvalue weighted by molar-refractivity contribution is 5.80. The van der Waals surface area contributed by atoms with Crippen LogP contribution in [0.25, 0.3) is 0 Å². The molecule has 0 spiro atoms. The number of hydrogen-bond acceptors (Lipinski definition) is 2. The molecule has 3 heteroatoms. The van der Waals surface area contributed by atoms with Gasteiger partial charge >= 0.3 is 0 Å². The first kappa shape index (κ1) is 12.0. The fourth-order valence-corrected chi connectivity index (χ4v) is 2.09. The molecule has 1 unspecified atom stereocenters. The van der Waals surface area contributed by atoms with Crippen molar-refractivity contribution in [3.05, 3.63) is 0 Å². The molecule has 1 fully saturated rings. The van der Waals surface area contributed by atoms with E-state index in [4.69, 9.17) is 5.26 Å². The highest BCUT2D eigenvalue weighted by Crippen LogP contribution is 2.22. The number of nitrogens with zero attached hydrogens (tertiary/aromatic N) is 1. The molecular formula is C12H20N2O. The van der Waals surface area contributed by atoms with E-state index in [1.165, 1.54) is 32.1 Å². The van der Waals surface area contributed by atoms with Crippen LogP contribution in [-0.4, -0.2) is 12.5 Å². The van der Waals surface area contributed by atoms with Gasteiger partial charge in [-0.05, 0) is 25.2 Å². The van der Waals surface area contributed by atoms with Crippen molar-refractivity contribution in [1.29, 1.82) is 5.26 Å². The van der Waals surface area contributed by atoms with Crippen molar-refractivity contribution in [3.63, 3.8) is 0 Å². The molecule has 1 aliphatic carbocycles. The number of hydrogen-bond donors (Lipinski definition) is 1. The zero-order valence-electron chi connectivity index (χ0n) is 9.46. The highest BCUT2D eigenvalue weighted by Gasteiger charge is 2.18. The minimum atomic E-state index is -0.464. The molecule has 0 radical (unpaired) electrons. The van der Waals surface area contributed by atoms with Gasteiger partial charge in [0.05, 0.1) is 6.07 Å². The minimum Gasteiger partial charge on any atom is -0.355 e. The lowest BCUT2D eigenvalue weighted by Crippen LogP contribution is -2.34. The Morgan fingerprint density at radius 1 is 1.47 bits per heavy atom. The van der Waals surface area contributed by atoms with Gasteiger partial charge in [0.1, 0.15) is 5.92 Å². The molecule has 0 aromatic heterocycles. The monoisotopic (exact) mass is 208 g/mol. The summed E-state index contributed by atoms with van der Waals surface area (Å²) in [6, 6.07) is 2.03. The summed E-state index contributed by atoms with van der Waals surface area (Å²) in [6.07, 6.45) is 6.96. The molecular weight excluding hydrogens is 188 g/mol. The van der Waals surface area contributed by atoms with Crippen molar-refractivity contribution in [3.8, 4) is 6.07 Å². The molecule has 0 saturated heterocycles. The predicted molar refractivity (Wildman–Crippen MR) is 59.0 cm³/mol. The summed E-state index contributed by atoms with van der Waals surface area (Å²) < 4.78 is 0. The fraction of sp³-hybridized carbons (Fsp3) is 0.833. The van der Waals surface area contributed by atoms with Gasteiger partial charge < -0.3 is 5.32 Å². The maximum Gasteiger partial charge on any atom is 0.237 e. The molecule has 1 rings (SSSR count). The number of amides is 1. The standard InChI is InChI=1S/C12H20N2O/c1-2-11(8-13)12(15)14-9-10-6-4-3-5-7-10/h10-11H,2-7,9H2,1H3,(H,14,15). The Morgan fingerprint density at radius 3 is 2.67 bits per heavy atom. The summed E-state index contributed by atoms with van der Waals surface area (Å²) in [5, 5.41) is 11.6. The lowest BCUT2D eigenvalue weighted by Gasteiger charge is -2.22. The third-order valence-electron chi connectivity index (χ3n) is 3.17. The Kier molecular flexibility index (Phi) is 5.17. The largest absolute Gasteiger partial charge is 0.355 e. The van der Waals surface area contributed by atoms with Crippen molar-refractivity contribution < 1.29 is 4.79 Å². The van der Waals surface area contributed by atoms with E-state index in [0.717, 1.165) is 6.54 Å². The molecule has 0 aromatic rings. The molecule has 15 heavy (non-hydrogen) atoms. The van der Waals surface area contributed by atoms with Crippen molar-refractivity contribution in [2.75, 3.05) is 6.54 Å². The molecule has 0 bridgehead atoms. The van der Waals surface area contributed by atoms with Gasteiger partial charge in [-0.2, -0.15) is 5.26 Å². The van der Waals surface area contributed by atoms with Crippen molar-refractivity contribution in [2.45, 2.75) is 45.4 Å². The van der Waals surface area contributed by atoms with Crippen molar-refractivity contribution >= 4 is 5.91 Å². The van der Waals surface area contributed by atoms with E-state index >= 15 is 0 Å². The van der Waals surface area contributed by atoms with Gasteiger partial charge in [-0.25, -0.2) is 0 Å². The van der Waals surface area contributed by atoms with Gasteiger partial charge in [0.15, 0.2) is 0 Å². The average molecular weight is 208 g/mol. The van der Waals surface area contributed by atoms with E-state index in [0.29, 0.717) is 12.3 Å². The first-order valence-electron chi connectivity index (χ1n) is 5.95. The first-order chi connectivity index (χ1) is 7.27. The Labute approximate surface area is 91.9 Å². The molecule has 1 aliphatic rings. The molecule has 1 N–H and O–H groups in total. The Morgan fingerprint density at radius 2 is 2.13 bits per heavy atom. The number of nitrogens with one attached hydrogen (secondary N) is 1. The van der Waals surface area contributed by atoms with Crippen LogP contribution >= 0.6 is 0 Å². The summed E-state index contributed by atoms with van der Waals surface area (Å²) in [6.45, 7) is 2.63. The molecule has 3 nitrogen and oxygen atoms in total. The zero-order valence-corrected chi connectivity index (χ0v) is 9.46. The zero-order chi connectivity index (χ0) is 11.1. The maximum absolute atomic E-state index is 11.5. The minimum absolute atomic E-state index is 0.0921. The van der Waals surface area contributed by atoms with Crippen molar-refractivity contribution in [1.82, 2.24) is 5.32 Å². The normalized spacial score (nSPS) is 19.2. The SMILES string of the molecule is CCC(C#N)C(=O)NCC1CCCCC1. The Balaban J connectivity index is 2.23. The van der Waals surface area contributed by atoms with Crippen LogP contribution in [0.2, 0.25) is 0 Å². The quantitative estimate of drug-likeness (QED) is 0.770. The van der Waals surface area contributed by atoms with E-state index in [1.54, 1.807) is 0 Å². The molecule has 0 aromatic carbocycles. The van der Waals surface area contributed by atoms with Crippen LogP contribution in [-0.2, 0) is 4.79 Å². The summed E-state index contributed by atoms with van der Waals surface area (Å²) in [5.74, 6) is 0.0815. The molecule has 0 heterocycles. The number of rotatable bonds is 4. The third-order valence-corrected chi connectivity index (χ3v) is 3.17. The fourth-order valence-electron chi connectivity index (χ4n) is 2.09. The molecule has 1 saturated carbocycles. The van der Waals surface area contributed by atoms with E-state index in [9.17, 15) is 4.79 Å². The third kappa shape index (κ3) is 3.91. The number of carbonyl (C=O) groups excluding carboxylic acids is 1. The van der Waals surface area contributed by atoms with Crippen molar-refractivity contribution in [2.24, 2.45) is 11.8 Å². The van der Waals surface area contributed by atoms with Gasteiger partial charge in [-0.1, -0.05) is 26.2 Å². The predicted octanol–water partition coefficient (Wildman–Crippen LogP) is 2.23. The Bertz CT molecular complexity index is 238. The molecule has 0 aliphatic heterocycles. The van der Waals surface area contributed by atoms with Crippen LogP contribution in [0, 0.1) is 23.2 Å². The van der Waals surface area contributed by atoms with Gasteiger partial charge in [0.25, 0.3) is 0 Å². The Hall–Kier alpha value is -1.04. The van der Waals surface area contributed by atoms with Crippen LogP contribution in [0.5, 0.6) is 0 Å². The van der Waals surface area contributed by atoms with Gasteiger partial charge in [-0.15, -0.1) is 0 Å². The van der Waals surface area contributed by atoms with E-state index in [2.05, 4.69) is 5.32 Å².